The summed E-state index contributed by atoms with van der Waals surface area (Å²) in [5, 5.41) is 12.3. The zero-order valence-corrected chi connectivity index (χ0v) is 12.0. The number of aliphatic carboxylic acids is 1. The lowest BCUT2D eigenvalue weighted by Crippen LogP contribution is -2.50. The van der Waals surface area contributed by atoms with Crippen LogP contribution >= 0.6 is 0 Å². The molecule has 2 N–H and O–H groups in total. The number of rotatable bonds is 5. The summed E-state index contributed by atoms with van der Waals surface area (Å²) in [4.78, 5) is 24.3. The van der Waals surface area contributed by atoms with Gasteiger partial charge in [-0.25, -0.2) is 4.79 Å². The lowest BCUT2D eigenvalue weighted by Gasteiger charge is -2.26. The van der Waals surface area contributed by atoms with Crippen molar-refractivity contribution in [2.45, 2.75) is 19.4 Å². The summed E-state index contributed by atoms with van der Waals surface area (Å²) in [5.41, 5.74) is 0.162. The number of carbonyl (C=O) groups excluding carboxylic acids is 1. The van der Waals surface area contributed by atoms with E-state index in [-0.39, 0.29) is 0 Å². The second-order valence-corrected chi connectivity index (χ2v) is 5.12. The Balaban J connectivity index is 2.38. The molecule has 0 aliphatic rings. The smallest absolute Gasteiger partial charge is 0.337 e. The molecule has 2 aromatic carbocycles. The first-order valence-corrected chi connectivity index (χ1v) is 6.61. The molecule has 21 heavy (non-hydrogen) atoms. The van der Waals surface area contributed by atoms with E-state index in [9.17, 15) is 14.7 Å². The van der Waals surface area contributed by atoms with Gasteiger partial charge in [-0.15, -0.1) is 0 Å². The first-order valence-electron chi connectivity index (χ1n) is 6.61. The van der Waals surface area contributed by atoms with Gasteiger partial charge >= 0.3 is 5.97 Å². The highest BCUT2D eigenvalue weighted by molar-refractivity contribution is 6.17. The fraction of sp³-hybridized carbons (Fsp3) is 0.176. The van der Waals surface area contributed by atoms with Crippen LogP contribution in [0.4, 0.5) is 5.69 Å². The Bertz CT molecular complexity index is 667. The largest absolute Gasteiger partial charge is 0.479 e. The van der Waals surface area contributed by atoms with E-state index in [1.807, 2.05) is 19.1 Å². The average Bonchev–Trinajstić information content (AvgIpc) is 2.47. The third kappa shape index (κ3) is 3.11. The number of benzene rings is 2. The minimum absolute atomic E-state index is 0.378. The molecule has 0 saturated carbocycles. The standard InChI is InChI=1S/C17H17NO3/c1-12-7-6-8-13(11-12)15(19)17(2,16(20)21)18-14-9-4-3-5-10-14/h3-11,18H,1-2H3,(H,20,21). The van der Waals surface area contributed by atoms with Gasteiger partial charge in [-0.2, -0.15) is 0 Å². The number of carboxylic acid groups (broad SMARTS) is 1. The molecule has 2 rings (SSSR count). The number of hydrogen-bond acceptors (Lipinski definition) is 3. The van der Waals surface area contributed by atoms with Crippen molar-refractivity contribution in [1.82, 2.24) is 0 Å². The van der Waals surface area contributed by atoms with Crippen LogP contribution < -0.4 is 5.32 Å². The molecular weight excluding hydrogens is 266 g/mol. The van der Waals surface area contributed by atoms with Crippen LogP contribution in [-0.4, -0.2) is 22.4 Å². The van der Waals surface area contributed by atoms with E-state index in [4.69, 9.17) is 0 Å². The summed E-state index contributed by atoms with van der Waals surface area (Å²) in [6.07, 6.45) is 0. The molecule has 0 aliphatic carbocycles. The molecule has 0 aliphatic heterocycles. The summed E-state index contributed by atoms with van der Waals surface area (Å²) < 4.78 is 0. The van der Waals surface area contributed by atoms with E-state index < -0.39 is 17.3 Å². The minimum atomic E-state index is -1.71. The molecule has 0 spiro atoms. The molecule has 1 atom stereocenters. The SMILES string of the molecule is Cc1cccc(C(=O)C(C)(Nc2ccccc2)C(=O)O)c1. The summed E-state index contributed by atoms with van der Waals surface area (Å²) in [7, 11) is 0. The Kier molecular flexibility index (Phi) is 4.08. The number of carbonyl (C=O) groups is 2. The molecular formula is C17H17NO3. The first-order chi connectivity index (χ1) is 9.93. The van der Waals surface area contributed by atoms with Crippen molar-refractivity contribution in [2.75, 3.05) is 5.32 Å². The van der Waals surface area contributed by atoms with Crippen LogP contribution in [0.2, 0.25) is 0 Å². The number of anilines is 1. The van der Waals surface area contributed by atoms with Crippen LogP contribution in [0.5, 0.6) is 0 Å². The highest BCUT2D eigenvalue weighted by Crippen LogP contribution is 2.21. The summed E-state index contributed by atoms with van der Waals surface area (Å²) in [6.45, 7) is 3.24. The minimum Gasteiger partial charge on any atom is -0.479 e. The van der Waals surface area contributed by atoms with Crippen LogP contribution in [-0.2, 0) is 4.79 Å². The maximum Gasteiger partial charge on any atom is 0.337 e. The first kappa shape index (κ1) is 14.8. The molecule has 0 radical (unpaired) electrons. The Morgan fingerprint density at radius 1 is 1.05 bits per heavy atom. The monoisotopic (exact) mass is 283 g/mol. The summed E-state index contributed by atoms with van der Waals surface area (Å²) in [5.74, 6) is -1.68. The second kappa shape index (κ2) is 5.79. The zero-order valence-electron chi connectivity index (χ0n) is 12.0. The molecule has 0 heterocycles. The van der Waals surface area contributed by atoms with Gasteiger partial charge in [-0.05, 0) is 32.0 Å². The predicted molar refractivity (Wildman–Crippen MR) is 81.6 cm³/mol. The Hall–Kier alpha value is -2.62. The van der Waals surface area contributed by atoms with E-state index in [1.165, 1.54) is 6.92 Å². The predicted octanol–water partition coefficient (Wildman–Crippen LogP) is 3.13. The van der Waals surface area contributed by atoms with Crippen molar-refractivity contribution in [1.29, 1.82) is 0 Å². The quantitative estimate of drug-likeness (QED) is 0.653. The number of carboxylic acids is 1. The van der Waals surface area contributed by atoms with Crippen LogP contribution in [0.25, 0.3) is 0 Å². The third-order valence-electron chi connectivity index (χ3n) is 3.33. The van der Waals surface area contributed by atoms with Crippen molar-refractivity contribution < 1.29 is 14.7 Å². The van der Waals surface area contributed by atoms with E-state index >= 15 is 0 Å². The van der Waals surface area contributed by atoms with E-state index in [1.54, 1.807) is 42.5 Å². The number of nitrogens with one attached hydrogen (secondary N) is 1. The van der Waals surface area contributed by atoms with Gasteiger partial charge in [0.15, 0.2) is 11.3 Å². The molecule has 2 aromatic rings. The van der Waals surface area contributed by atoms with Crippen molar-refractivity contribution in [3.63, 3.8) is 0 Å². The highest BCUT2D eigenvalue weighted by Gasteiger charge is 2.41. The normalized spacial score (nSPS) is 13.2. The van der Waals surface area contributed by atoms with Crippen molar-refractivity contribution in [2.24, 2.45) is 0 Å². The van der Waals surface area contributed by atoms with Crippen LogP contribution in [0, 0.1) is 6.92 Å². The molecule has 4 heteroatoms. The maximum absolute atomic E-state index is 12.6. The van der Waals surface area contributed by atoms with Gasteiger partial charge in [0.25, 0.3) is 0 Å². The Morgan fingerprint density at radius 3 is 2.29 bits per heavy atom. The highest BCUT2D eigenvalue weighted by atomic mass is 16.4. The Morgan fingerprint density at radius 2 is 1.71 bits per heavy atom. The fourth-order valence-corrected chi connectivity index (χ4v) is 2.09. The van der Waals surface area contributed by atoms with Crippen LogP contribution in [0.1, 0.15) is 22.8 Å². The number of ketones is 1. The second-order valence-electron chi connectivity index (χ2n) is 5.12. The molecule has 0 aromatic heterocycles. The topological polar surface area (TPSA) is 66.4 Å². The van der Waals surface area contributed by atoms with Crippen molar-refractivity contribution in [3.05, 3.63) is 65.7 Å². The molecule has 4 nitrogen and oxygen atoms in total. The van der Waals surface area contributed by atoms with Gasteiger partial charge in [0.05, 0.1) is 0 Å². The van der Waals surface area contributed by atoms with Gasteiger partial charge in [-0.3, -0.25) is 4.79 Å². The fourth-order valence-electron chi connectivity index (χ4n) is 2.09. The average molecular weight is 283 g/mol. The van der Waals surface area contributed by atoms with Crippen molar-refractivity contribution >= 4 is 17.4 Å². The molecule has 0 amide bonds. The van der Waals surface area contributed by atoms with Crippen LogP contribution in [0.15, 0.2) is 54.6 Å². The van der Waals surface area contributed by atoms with E-state index in [0.717, 1.165) is 5.56 Å². The Labute approximate surface area is 123 Å². The number of para-hydroxylation sites is 1. The lowest BCUT2D eigenvalue weighted by molar-refractivity contribution is -0.139. The number of aryl methyl sites for hydroxylation is 1. The summed E-state index contributed by atoms with van der Waals surface area (Å²) in [6, 6.07) is 15.8. The van der Waals surface area contributed by atoms with Gasteiger partial charge < -0.3 is 10.4 Å². The van der Waals surface area contributed by atoms with E-state index in [0.29, 0.717) is 11.3 Å². The summed E-state index contributed by atoms with van der Waals surface area (Å²) >= 11 is 0. The van der Waals surface area contributed by atoms with Crippen LogP contribution in [0.3, 0.4) is 0 Å². The maximum atomic E-state index is 12.6. The molecule has 1 unspecified atom stereocenters. The molecule has 0 bridgehead atoms. The van der Waals surface area contributed by atoms with Gasteiger partial charge in [0.2, 0.25) is 0 Å². The number of hydrogen-bond donors (Lipinski definition) is 2. The molecule has 0 fully saturated rings. The van der Waals surface area contributed by atoms with Gasteiger partial charge in [0.1, 0.15) is 0 Å². The third-order valence-corrected chi connectivity index (χ3v) is 3.33. The lowest BCUT2D eigenvalue weighted by atomic mass is 9.90. The zero-order chi connectivity index (χ0) is 15.5. The van der Waals surface area contributed by atoms with E-state index in [2.05, 4.69) is 5.32 Å². The molecule has 0 saturated heterocycles. The molecule has 108 valence electrons. The number of Topliss-reactive ketones (excluding diaryl/α,β-unsaturated/α-hetero) is 1. The van der Waals surface area contributed by atoms with Crippen molar-refractivity contribution in [3.8, 4) is 0 Å². The van der Waals surface area contributed by atoms with Gasteiger partial charge in [-0.1, -0.05) is 42.0 Å². The van der Waals surface area contributed by atoms with Gasteiger partial charge in [0, 0.05) is 11.3 Å².